The van der Waals surface area contributed by atoms with E-state index in [1.807, 2.05) is 0 Å². The monoisotopic (exact) mass is 816 g/mol. The van der Waals surface area contributed by atoms with Crippen molar-refractivity contribution in [1.82, 2.24) is 4.57 Å². The normalized spacial score (nSPS) is 13.8. The van der Waals surface area contributed by atoms with Crippen molar-refractivity contribution in [2.24, 2.45) is 0 Å². The Hall–Kier alpha value is -8.20. The molecule has 0 N–H and O–H groups in total. The van der Waals surface area contributed by atoms with Crippen molar-refractivity contribution in [3.63, 3.8) is 0 Å². The van der Waals surface area contributed by atoms with Crippen LogP contribution >= 0.6 is 0 Å². The number of hydrogen-bond acceptors (Lipinski definition) is 1. The van der Waals surface area contributed by atoms with Gasteiger partial charge in [-0.15, -0.1) is 0 Å². The van der Waals surface area contributed by atoms with E-state index in [0.717, 1.165) is 23.5 Å². The minimum absolute atomic E-state index is 0.101. The lowest BCUT2D eigenvalue weighted by Gasteiger charge is -2.34. The maximum absolute atomic E-state index is 2.53. The summed E-state index contributed by atoms with van der Waals surface area (Å²) in [5.41, 5.74) is 15.7. The molecule has 1 aromatic heterocycles. The fraction of sp³-hybridized carbons (Fsp3) is 0.0323. The van der Waals surface area contributed by atoms with Gasteiger partial charge in [0, 0.05) is 27.8 Å². The van der Waals surface area contributed by atoms with Crippen LogP contribution in [0.5, 0.6) is 0 Å². The van der Waals surface area contributed by atoms with Gasteiger partial charge in [0.2, 0.25) is 0 Å². The largest absolute Gasteiger partial charge is 0.334 e. The van der Waals surface area contributed by atoms with Crippen LogP contribution in [0.25, 0.3) is 88.0 Å². The highest BCUT2D eigenvalue weighted by atomic mass is 15.2. The molecule has 0 amide bonds. The molecule has 10 aromatic carbocycles. The molecule has 1 heterocycles. The van der Waals surface area contributed by atoms with Crippen LogP contribution in [-0.2, 0) is 0 Å². The van der Waals surface area contributed by atoms with Crippen LogP contribution in [0.15, 0.2) is 249 Å². The lowest BCUT2D eigenvalue weighted by atomic mass is 9.92. The molecule has 0 saturated heterocycles. The zero-order chi connectivity index (χ0) is 42.4. The first kappa shape index (κ1) is 37.6. The molecule has 64 heavy (non-hydrogen) atoms. The molecule has 2 heteroatoms. The Morgan fingerprint density at radius 2 is 1.02 bits per heavy atom. The van der Waals surface area contributed by atoms with Crippen molar-refractivity contribution in [2.45, 2.75) is 12.5 Å². The first-order valence-corrected chi connectivity index (χ1v) is 22.3. The summed E-state index contributed by atoms with van der Waals surface area (Å²) in [6.45, 7) is 0. The van der Waals surface area contributed by atoms with Gasteiger partial charge in [-0.05, 0) is 121 Å². The molecule has 0 unspecified atom stereocenters. The van der Waals surface area contributed by atoms with E-state index < -0.39 is 0 Å². The lowest BCUT2D eigenvalue weighted by molar-refractivity contribution is 0.787. The van der Waals surface area contributed by atoms with Gasteiger partial charge in [-0.25, -0.2) is 0 Å². The zero-order valence-electron chi connectivity index (χ0n) is 35.4. The van der Waals surface area contributed by atoms with Crippen LogP contribution in [-0.4, -0.2) is 10.6 Å². The molecular weight excluding hydrogens is 773 g/mol. The quantitative estimate of drug-likeness (QED) is 0.148. The predicted octanol–water partition coefficient (Wildman–Crippen LogP) is 16.6. The Bertz CT molecular complexity index is 3550. The molecule has 1 atom stereocenters. The van der Waals surface area contributed by atoms with E-state index in [1.165, 1.54) is 87.9 Å². The Balaban J connectivity index is 0.961. The van der Waals surface area contributed by atoms with Crippen molar-refractivity contribution in [1.29, 1.82) is 0 Å². The minimum Gasteiger partial charge on any atom is -0.334 e. The molecule has 0 spiro atoms. The first-order chi connectivity index (χ1) is 31.7. The van der Waals surface area contributed by atoms with Crippen molar-refractivity contribution in [2.75, 3.05) is 4.90 Å². The van der Waals surface area contributed by atoms with Gasteiger partial charge in [0.25, 0.3) is 0 Å². The first-order valence-electron chi connectivity index (χ1n) is 22.3. The second-order valence-corrected chi connectivity index (χ2v) is 16.8. The average Bonchev–Trinajstić information content (AvgIpc) is 3.70. The Morgan fingerprint density at radius 1 is 0.406 bits per heavy atom. The van der Waals surface area contributed by atoms with Crippen LogP contribution < -0.4 is 4.90 Å². The van der Waals surface area contributed by atoms with Crippen LogP contribution in [0, 0.1) is 0 Å². The maximum Gasteiger partial charge on any atom is 0.0560 e. The van der Waals surface area contributed by atoms with Gasteiger partial charge in [-0.2, -0.15) is 0 Å². The van der Waals surface area contributed by atoms with Gasteiger partial charge in [-0.1, -0.05) is 200 Å². The smallest absolute Gasteiger partial charge is 0.0560 e. The van der Waals surface area contributed by atoms with E-state index in [4.69, 9.17) is 0 Å². The second kappa shape index (κ2) is 15.9. The van der Waals surface area contributed by atoms with Crippen molar-refractivity contribution in [3.8, 4) is 39.1 Å². The van der Waals surface area contributed by atoms with Gasteiger partial charge in [0.1, 0.15) is 0 Å². The number of aromatic nitrogens is 1. The Kier molecular flexibility index (Phi) is 9.34. The van der Waals surface area contributed by atoms with Crippen molar-refractivity contribution < 1.29 is 0 Å². The number of anilines is 2. The fourth-order valence-electron chi connectivity index (χ4n) is 10.1. The number of fused-ring (bicyclic) bond motifs is 5. The Labute approximate surface area is 373 Å². The second-order valence-electron chi connectivity index (χ2n) is 16.8. The maximum atomic E-state index is 2.53. The molecule has 0 radical (unpaired) electrons. The molecule has 0 saturated carbocycles. The van der Waals surface area contributed by atoms with E-state index >= 15 is 0 Å². The van der Waals surface area contributed by atoms with E-state index in [0.29, 0.717) is 0 Å². The van der Waals surface area contributed by atoms with Gasteiger partial charge in [-0.3, -0.25) is 0 Å². The number of nitrogens with zero attached hydrogens (tertiary/aromatic N) is 2. The average molecular weight is 817 g/mol. The van der Waals surface area contributed by atoms with Crippen LogP contribution in [0.3, 0.4) is 0 Å². The van der Waals surface area contributed by atoms with E-state index in [9.17, 15) is 0 Å². The molecule has 1 aliphatic carbocycles. The van der Waals surface area contributed by atoms with Crippen LogP contribution in [0.1, 0.15) is 12.0 Å². The van der Waals surface area contributed by atoms with Crippen molar-refractivity contribution in [3.05, 3.63) is 254 Å². The molecule has 1 aliphatic rings. The van der Waals surface area contributed by atoms with Gasteiger partial charge in [0.05, 0.1) is 17.1 Å². The summed E-state index contributed by atoms with van der Waals surface area (Å²) >= 11 is 0. The third-order valence-electron chi connectivity index (χ3n) is 13.1. The number of rotatable bonds is 8. The summed E-state index contributed by atoms with van der Waals surface area (Å²) < 4.78 is 2.43. The van der Waals surface area contributed by atoms with E-state index in [1.54, 1.807) is 0 Å². The van der Waals surface area contributed by atoms with E-state index in [-0.39, 0.29) is 6.04 Å². The predicted molar refractivity (Wildman–Crippen MR) is 273 cm³/mol. The highest BCUT2D eigenvalue weighted by molar-refractivity contribution is 6.23. The van der Waals surface area contributed by atoms with Crippen LogP contribution in [0.2, 0.25) is 0 Å². The minimum atomic E-state index is 0.101. The summed E-state index contributed by atoms with van der Waals surface area (Å²) in [5, 5.41) is 7.53. The highest BCUT2D eigenvalue weighted by Gasteiger charge is 2.24. The molecular formula is C62H44N2. The van der Waals surface area contributed by atoms with Crippen LogP contribution in [0.4, 0.5) is 11.4 Å². The molecule has 2 nitrogen and oxygen atoms in total. The van der Waals surface area contributed by atoms with Gasteiger partial charge < -0.3 is 9.47 Å². The SMILES string of the molecule is C1=C[C@@H](N(c2ccc(-c3ccccc3)cc2)c2cccc(-c3c4ccccc4cc4c3c3ccccc3n4-c3ccccc3)c2)CC=C1c1ccc(-c2cccc3ccccc23)cc1. The molecule has 12 rings (SSSR count). The molecule has 302 valence electrons. The number of hydrogen-bond donors (Lipinski definition) is 0. The lowest BCUT2D eigenvalue weighted by Crippen LogP contribution is -2.30. The summed E-state index contributed by atoms with van der Waals surface area (Å²) in [6.07, 6.45) is 8.00. The molecule has 0 aliphatic heterocycles. The fourth-order valence-corrected chi connectivity index (χ4v) is 10.1. The summed E-state index contributed by atoms with van der Waals surface area (Å²) in [5.74, 6) is 0. The number of benzene rings is 10. The van der Waals surface area contributed by atoms with Gasteiger partial charge in [0.15, 0.2) is 0 Å². The highest BCUT2D eigenvalue weighted by Crippen LogP contribution is 2.45. The third kappa shape index (κ3) is 6.60. The standard InChI is InChI=1S/C62H44N2/c1-3-15-43(16-4-1)45-33-37-52(38-34-45)63(53-39-35-46(36-40-53)44-29-31-48(32-30-44)56-27-14-19-47-17-7-9-24-55(47)56)54-23-13-20-50(41-54)61-57-25-10-8-18-49(57)42-60-62(61)58-26-11-12-28-59(58)64(60)51-21-5-2-6-22-51/h1-39,41-42,53H,40H2/t53-/m1/s1. The van der Waals surface area contributed by atoms with Gasteiger partial charge >= 0.3 is 0 Å². The molecule has 11 aromatic rings. The summed E-state index contributed by atoms with van der Waals surface area (Å²) in [7, 11) is 0. The Morgan fingerprint density at radius 3 is 1.80 bits per heavy atom. The number of para-hydroxylation sites is 2. The molecule has 0 bridgehead atoms. The summed E-state index contributed by atoms with van der Waals surface area (Å²) in [6, 6.07) is 84.3. The summed E-state index contributed by atoms with van der Waals surface area (Å²) in [4.78, 5) is 2.53. The topological polar surface area (TPSA) is 8.17 Å². The zero-order valence-corrected chi connectivity index (χ0v) is 35.4. The number of allylic oxidation sites excluding steroid dienone is 2. The van der Waals surface area contributed by atoms with E-state index in [2.05, 4.69) is 258 Å². The third-order valence-corrected chi connectivity index (χ3v) is 13.1. The van der Waals surface area contributed by atoms with Crippen molar-refractivity contribution >= 4 is 60.3 Å². The molecule has 0 fully saturated rings.